The van der Waals surface area contributed by atoms with Crippen LogP contribution in [0.3, 0.4) is 0 Å². The Kier molecular flexibility index (Phi) is 0.876. The lowest BCUT2D eigenvalue weighted by molar-refractivity contribution is -0.313. The molecule has 2 aliphatic carbocycles. The Morgan fingerprint density at radius 2 is 2.18 bits per heavy atom. The molecule has 2 saturated carbocycles. The average molecular weight is 153 g/mol. The van der Waals surface area contributed by atoms with Crippen LogP contribution in [-0.4, -0.2) is 18.2 Å². The van der Waals surface area contributed by atoms with Gasteiger partial charge < -0.3 is 14.6 Å². The highest BCUT2D eigenvalue weighted by atomic mass is 16.6. The zero-order valence-corrected chi connectivity index (χ0v) is 6.03. The van der Waals surface area contributed by atoms with Crippen molar-refractivity contribution in [3.63, 3.8) is 0 Å². The van der Waals surface area contributed by atoms with E-state index in [2.05, 4.69) is 0 Å². The highest BCUT2D eigenvalue weighted by Crippen LogP contribution is 2.58. The summed E-state index contributed by atoms with van der Waals surface area (Å²) in [6.07, 6.45) is 2.58. The Balaban J connectivity index is 1.87. The first kappa shape index (κ1) is 6.00. The first-order chi connectivity index (χ1) is 5.27. The zero-order chi connectivity index (χ0) is 7.59. The van der Waals surface area contributed by atoms with E-state index in [9.17, 15) is 9.90 Å². The first-order valence-electron chi connectivity index (χ1n) is 4.13. The summed E-state index contributed by atoms with van der Waals surface area (Å²) in [5.41, 5.74) is 0. The van der Waals surface area contributed by atoms with E-state index in [1.165, 1.54) is 0 Å². The number of carbonyl (C=O) groups excluding carboxylic acids is 1. The quantitative estimate of drug-likeness (QED) is 0.461. The summed E-state index contributed by atoms with van der Waals surface area (Å²) >= 11 is 0. The van der Waals surface area contributed by atoms with E-state index in [4.69, 9.17) is 4.74 Å². The number of carboxylic acids is 1. The van der Waals surface area contributed by atoms with Gasteiger partial charge in [-0.2, -0.15) is 0 Å². The predicted molar refractivity (Wildman–Crippen MR) is 33.4 cm³/mol. The third kappa shape index (κ3) is 0.601. The van der Waals surface area contributed by atoms with E-state index in [-0.39, 0.29) is 17.9 Å². The third-order valence-electron chi connectivity index (χ3n) is 3.40. The number of hydrogen-bond acceptors (Lipinski definition) is 3. The number of carboxylic acid groups (broad SMARTS) is 1. The maximum atomic E-state index is 10.6. The van der Waals surface area contributed by atoms with Gasteiger partial charge in [0.05, 0.1) is 12.2 Å². The predicted octanol–water partition coefficient (Wildman–Crippen LogP) is -0.840. The van der Waals surface area contributed by atoms with Gasteiger partial charge in [0.2, 0.25) is 0 Å². The van der Waals surface area contributed by atoms with Gasteiger partial charge in [-0.05, 0) is 24.7 Å². The molecular weight excluding hydrogens is 144 g/mol. The fourth-order valence-corrected chi connectivity index (χ4v) is 2.87. The molecule has 0 aromatic heterocycles. The van der Waals surface area contributed by atoms with Crippen LogP contribution in [0.2, 0.25) is 0 Å². The molecule has 3 heteroatoms. The van der Waals surface area contributed by atoms with E-state index in [1.807, 2.05) is 0 Å². The van der Waals surface area contributed by atoms with Crippen molar-refractivity contribution in [2.24, 2.45) is 17.8 Å². The molecule has 3 fully saturated rings. The van der Waals surface area contributed by atoms with Crippen molar-refractivity contribution in [1.29, 1.82) is 0 Å². The number of aliphatic carboxylic acids is 1. The molecular formula is C8H9O3-. The maximum Gasteiger partial charge on any atom is 0.0879 e. The van der Waals surface area contributed by atoms with E-state index < -0.39 is 5.97 Å². The maximum absolute atomic E-state index is 10.6. The number of hydrogen-bond donors (Lipinski definition) is 0. The van der Waals surface area contributed by atoms with Gasteiger partial charge >= 0.3 is 0 Å². The lowest BCUT2D eigenvalue weighted by Crippen LogP contribution is -2.36. The Labute approximate surface area is 64.3 Å². The molecule has 0 amide bonds. The Morgan fingerprint density at radius 1 is 1.36 bits per heavy atom. The van der Waals surface area contributed by atoms with E-state index in [0.717, 1.165) is 12.8 Å². The largest absolute Gasteiger partial charge is 0.550 e. The van der Waals surface area contributed by atoms with Gasteiger partial charge in [0.25, 0.3) is 0 Å². The molecule has 5 atom stereocenters. The number of ether oxygens (including phenoxy) is 1. The smallest absolute Gasteiger partial charge is 0.0879 e. The second-order valence-corrected chi connectivity index (χ2v) is 3.89. The highest BCUT2D eigenvalue weighted by Gasteiger charge is 2.63. The van der Waals surface area contributed by atoms with Crippen LogP contribution in [0.1, 0.15) is 12.8 Å². The van der Waals surface area contributed by atoms with Crippen molar-refractivity contribution in [1.82, 2.24) is 0 Å². The van der Waals surface area contributed by atoms with Crippen LogP contribution in [0.5, 0.6) is 0 Å². The van der Waals surface area contributed by atoms with Crippen LogP contribution >= 0.6 is 0 Å². The normalized spacial score (nSPS) is 57.6. The van der Waals surface area contributed by atoms with Gasteiger partial charge in [-0.15, -0.1) is 0 Å². The second-order valence-electron chi connectivity index (χ2n) is 3.89. The summed E-state index contributed by atoms with van der Waals surface area (Å²) < 4.78 is 5.33. The minimum absolute atomic E-state index is 0.205. The molecule has 0 aromatic rings. The SMILES string of the molecule is O=C([O-])C1CC2CC1C1O[C@@H]21. The molecule has 3 rings (SSSR count). The zero-order valence-electron chi connectivity index (χ0n) is 6.03. The summed E-state index contributed by atoms with van der Waals surface area (Å²) in [4.78, 5) is 10.6. The average Bonchev–Trinajstić information content (AvgIpc) is 2.57. The number of fused-ring (bicyclic) bond motifs is 5. The van der Waals surface area contributed by atoms with Crippen molar-refractivity contribution in [2.45, 2.75) is 25.0 Å². The summed E-state index contributed by atoms with van der Waals surface area (Å²) in [6.45, 7) is 0. The number of epoxide rings is 1. The summed E-state index contributed by atoms with van der Waals surface area (Å²) in [5, 5.41) is 10.6. The van der Waals surface area contributed by atoms with E-state index in [1.54, 1.807) is 0 Å². The fourth-order valence-electron chi connectivity index (χ4n) is 2.87. The van der Waals surface area contributed by atoms with E-state index >= 15 is 0 Å². The summed E-state index contributed by atoms with van der Waals surface area (Å²) in [6, 6.07) is 0. The van der Waals surface area contributed by atoms with Crippen molar-refractivity contribution in [2.75, 3.05) is 0 Å². The monoisotopic (exact) mass is 153 g/mol. The van der Waals surface area contributed by atoms with Crippen molar-refractivity contribution in [3.05, 3.63) is 0 Å². The van der Waals surface area contributed by atoms with Gasteiger partial charge in [0.15, 0.2) is 0 Å². The Hall–Kier alpha value is -0.570. The molecule has 4 unspecified atom stereocenters. The van der Waals surface area contributed by atoms with Gasteiger partial charge in [0, 0.05) is 11.9 Å². The topological polar surface area (TPSA) is 52.7 Å². The van der Waals surface area contributed by atoms with Gasteiger partial charge in [-0.1, -0.05) is 0 Å². The molecule has 3 nitrogen and oxygen atoms in total. The minimum atomic E-state index is -0.869. The molecule has 0 radical (unpaired) electrons. The first-order valence-corrected chi connectivity index (χ1v) is 4.13. The standard InChI is InChI=1S/C8H10O3/c9-8(10)5-2-3-1-4(5)7-6(3)11-7/h3-7H,1-2H2,(H,9,10)/p-1/t3?,4?,5?,6-,7?/m0/s1. The highest BCUT2D eigenvalue weighted by molar-refractivity contribution is 5.69. The van der Waals surface area contributed by atoms with Crippen LogP contribution in [0.4, 0.5) is 0 Å². The van der Waals surface area contributed by atoms with Crippen LogP contribution in [-0.2, 0) is 9.53 Å². The Morgan fingerprint density at radius 3 is 2.73 bits per heavy atom. The molecule has 1 saturated heterocycles. The third-order valence-corrected chi connectivity index (χ3v) is 3.40. The van der Waals surface area contributed by atoms with Crippen molar-refractivity contribution >= 4 is 5.97 Å². The molecule has 2 bridgehead atoms. The summed E-state index contributed by atoms with van der Waals surface area (Å²) in [5.74, 6) is -0.252. The summed E-state index contributed by atoms with van der Waals surface area (Å²) in [7, 11) is 0. The van der Waals surface area contributed by atoms with E-state index in [0.29, 0.717) is 12.0 Å². The van der Waals surface area contributed by atoms with Crippen LogP contribution in [0.15, 0.2) is 0 Å². The minimum Gasteiger partial charge on any atom is -0.550 e. The molecule has 0 N–H and O–H groups in total. The lowest BCUT2D eigenvalue weighted by atomic mass is 9.89. The second kappa shape index (κ2) is 1.61. The Bertz CT molecular complexity index is 225. The lowest BCUT2D eigenvalue weighted by Gasteiger charge is -2.19. The number of carbonyl (C=O) groups is 1. The molecule has 1 aliphatic heterocycles. The van der Waals surface area contributed by atoms with Gasteiger partial charge in [-0.3, -0.25) is 0 Å². The van der Waals surface area contributed by atoms with Crippen molar-refractivity contribution in [3.8, 4) is 0 Å². The van der Waals surface area contributed by atoms with Crippen LogP contribution in [0.25, 0.3) is 0 Å². The molecule has 0 aromatic carbocycles. The fraction of sp³-hybridized carbons (Fsp3) is 0.875. The van der Waals surface area contributed by atoms with Crippen molar-refractivity contribution < 1.29 is 14.6 Å². The molecule has 1 heterocycles. The van der Waals surface area contributed by atoms with Crippen LogP contribution < -0.4 is 5.11 Å². The molecule has 60 valence electrons. The molecule has 3 aliphatic rings. The van der Waals surface area contributed by atoms with Gasteiger partial charge in [-0.25, -0.2) is 0 Å². The van der Waals surface area contributed by atoms with Gasteiger partial charge in [0.1, 0.15) is 0 Å². The number of rotatable bonds is 1. The van der Waals surface area contributed by atoms with Crippen LogP contribution in [0, 0.1) is 17.8 Å². The molecule has 11 heavy (non-hydrogen) atoms. The molecule has 0 spiro atoms.